The molecule has 6 heteroatoms. The molecule has 0 unspecified atom stereocenters. The second-order valence-electron chi connectivity index (χ2n) is 7.70. The van der Waals surface area contributed by atoms with Crippen molar-refractivity contribution in [1.82, 2.24) is 18.9 Å². The van der Waals surface area contributed by atoms with E-state index in [0.717, 1.165) is 56.9 Å². The van der Waals surface area contributed by atoms with Crippen LogP contribution in [0.25, 0.3) is 27.8 Å². The summed E-state index contributed by atoms with van der Waals surface area (Å²) in [4.78, 5) is 21.1. The number of rotatable bonds is 3. The maximum atomic E-state index is 12.0. The van der Waals surface area contributed by atoms with Crippen molar-refractivity contribution < 1.29 is 4.79 Å². The van der Waals surface area contributed by atoms with Gasteiger partial charge in [0.15, 0.2) is 11.4 Å². The molecule has 0 fully saturated rings. The second kappa shape index (κ2) is 6.29. The fourth-order valence-electron chi connectivity index (χ4n) is 4.41. The third-order valence-corrected chi connectivity index (χ3v) is 5.87. The SMILES string of the molecule is Cn1cc(-c2nc3cnccn3c2Nc2ccc3c(c2)CCC3=O)c2ccccc21. The number of carbonyl (C=O) groups is 1. The second-order valence-corrected chi connectivity index (χ2v) is 7.70. The van der Waals surface area contributed by atoms with Crippen molar-refractivity contribution in [2.24, 2.45) is 7.05 Å². The Bertz CT molecular complexity index is 1460. The van der Waals surface area contributed by atoms with Crippen LogP contribution in [-0.2, 0) is 13.5 Å². The van der Waals surface area contributed by atoms with Crippen LogP contribution in [0.2, 0.25) is 0 Å². The minimum absolute atomic E-state index is 0.230. The van der Waals surface area contributed by atoms with Gasteiger partial charge in [0.05, 0.1) is 6.20 Å². The largest absolute Gasteiger partial charge is 0.350 e. The first-order chi connectivity index (χ1) is 14.7. The van der Waals surface area contributed by atoms with Crippen LogP contribution in [0.1, 0.15) is 22.3 Å². The highest BCUT2D eigenvalue weighted by atomic mass is 16.1. The highest BCUT2D eigenvalue weighted by molar-refractivity contribution is 6.01. The molecular formula is C24H19N5O. The molecular weight excluding hydrogens is 374 g/mol. The van der Waals surface area contributed by atoms with E-state index in [1.807, 2.05) is 41.9 Å². The van der Waals surface area contributed by atoms with Crippen LogP contribution in [0.15, 0.2) is 67.3 Å². The van der Waals surface area contributed by atoms with Gasteiger partial charge in [-0.3, -0.25) is 14.2 Å². The number of Topliss-reactive ketones (excluding diaryl/α,β-unsaturated/α-hetero) is 1. The number of imidazole rings is 1. The summed E-state index contributed by atoms with van der Waals surface area (Å²) in [6.45, 7) is 0. The summed E-state index contributed by atoms with van der Waals surface area (Å²) in [6.07, 6.45) is 8.95. The maximum Gasteiger partial charge on any atom is 0.163 e. The number of benzene rings is 2. The summed E-state index contributed by atoms with van der Waals surface area (Å²) in [5, 5.41) is 4.72. The van der Waals surface area contributed by atoms with E-state index in [-0.39, 0.29) is 5.78 Å². The molecule has 3 aromatic heterocycles. The quantitative estimate of drug-likeness (QED) is 0.480. The van der Waals surface area contributed by atoms with Crippen molar-refractivity contribution in [3.63, 3.8) is 0 Å². The zero-order valence-corrected chi connectivity index (χ0v) is 16.5. The fraction of sp³-hybridized carbons (Fsp3) is 0.125. The van der Waals surface area contributed by atoms with Gasteiger partial charge in [0.1, 0.15) is 11.5 Å². The number of carbonyl (C=O) groups excluding carboxylic acids is 1. The van der Waals surface area contributed by atoms with Crippen LogP contribution in [-0.4, -0.2) is 24.7 Å². The third-order valence-electron chi connectivity index (χ3n) is 5.87. The topological polar surface area (TPSA) is 64.2 Å². The van der Waals surface area contributed by atoms with Gasteiger partial charge in [-0.2, -0.15) is 0 Å². The highest BCUT2D eigenvalue weighted by Gasteiger charge is 2.21. The molecule has 0 saturated carbocycles. The first-order valence-electron chi connectivity index (χ1n) is 9.99. The molecule has 30 heavy (non-hydrogen) atoms. The highest BCUT2D eigenvalue weighted by Crippen LogP contribution is 2.36. The van der Waals surface area contributed by atoms with E-state index in [2.05, 4.69) is 39.3 Å². The molecule has 0 atom stereocenters. The predicted molar refractivity (Wildman–Crippen MR) is 117 cm³/mol. The average Bonchev–Trinajstić information content (AvgIpc) is 3.43. The van der Waals surface area contributed by atoms with Gasteiger partial charge in [0.2, 0.25) is 0 Å². The Hall–Kier alpha value is -3.93. The van der Waals surface area contributed by atoms with Crippen LogP contribution in [0.5, 0.6) is 0 Å². The normalized spacial score (nSPS) is 13.3. The monoisotopic (exact) mass is 393 g/mol. The van der Waals surface area contributed by atoms with Gasteiger partial charge in [-0.05, 0) is 36.2 Å². The lowest BCUT2D eigenvalue weighted by Crippen LogP contribution is -1.98. The smallest absolute Gasteiger partial charge is 0.163 e. The van der Waals surface area contributed by atoms with Crippen molar-refractivity contribution >= 4 is 33.8 Å². The molecule has 5 aromatic rings. The molecule has 146 valence electrons. The molecule has 0 spiro atoms. The molecule has 0 saturated heterocycles. The summed E-state index contributed by atoms with van der Waals surface area (Å²) < 4.78 is 4.14. The van der Waals surface area contributed by atoms with Gasteiger partial charge in [-0.25, -0.2) is 4.98 Å². The van der Waals surface area contributed by atoms with Gasteiger partial charge < -0.3 is 9.88 Å². The lowest BCUT2D eigenvalue weighted by atomic mass is 10.1. The molecule has 0 aliphatic heterocycles. The summed E-state index contributed by atoms with van der Waals surface area (Å²) in [7, 11) is 2.05. The number of fused-ring (bicyclic) bond motifs is 3. The third kappa shape index (κ3) is 2.47. The van der Waals surface area contributed by atoms with Crippen LogP contribution in [0, 0.1) is 0 Å². The molecule has 2 aromatic carbocycles. The van der Waals surface area contributed by atoms with Crippen molar-refractivity contribution in [2.75, 3.05) is 5.32 Å². The zero-order valence-electron chi connectivity index (χ0n) is 16.5. The molecule has 0 bridgehead atoms. The van der Waals surface area contributed by atoms with Crippen LogP contribution in [0.4, 0.5) is 11.5 Å². The molecule has 0 amide bonds. The Morgan fingerprint density at radius 2 is 1.97 bits per heavy atom. The van der Waals surface area contributed by atoms with E-state index < -0.39 is 0 Å². The Morgan fingerprint density at radius 3 is 2.90 bits per heavy atom. The van der Waals surface area contributed by atoms with Gasteiger partial charge in [0.25, 0.3) is 0 Å². The summed E-state index contributed by atoms with van der Waals surface area (Å²) in [6, 6.07) is 14.3. The molecule has 1 aliphatic rings. The molecule has 6 rings (SSSR count). The number of aromatic nitrogens is 4. The van der Waals surface area contributed by atoms with E-state index in [1.54, 1.807) is 12.4 Å². The van der Waals surface area contributed by atoms with E-state index in [9.17, 15) is 4.79 Å². The molecule has 1 aliphatic carbocycles. The van der Waals surface area contributed by atoms with Gasteiger partial charge in [-0.1, -0.05) is 18.2 Å². The van der Waals surface area contributed by atoms with Crippen molar-refractivity contribution in [1.29, 1.82) is 0 Å². The van der Waals surface area contributed by atoms with E-state index >= 15 is 0 Å². The Morgan fingerprint density at radius 1 is 1.07 bits per heavy atom. The molecule has 3 heterocycles. The Labute approximate surface area is 172 Å². The van der Waals surface area contributed by atoms with E-state index in [4.69, 9.17) is 4.98 Å². The molecule has 1 N–H and O–H groups in total. The number of hydrogen-bond acceptors (Lipinski definition) is 4. The van der Waals surface area contributed by atoms with Crippen LogP contribution in [0.3, 0.4) is 0 Å². The maximum absolute atomic E-state index is 12.0. The minimum atomic E-state index is 0.230. The number of para-hydroxylation sites is 1. The summed E-state index contributed by atoms with van der Waals surface area (Å²) in [5.74, 6) is 1.11. The lowest BCUT2D eigenvalue weighted by Gasteiger charge is -2.10. The molecule has 0 radical (unpaired) electrons. The standard InChI is InChI=1S/C24H19N5O/c1-28-14-19(18-4-2-3-5-20(18)28)23-24(29-11-10-25-13-22(29)27-23)26-16-7-8-17-15(12-16)6-9-21(17)30/h2-5,7-8,10-14,26H,6,9H2,1H3. The van der Waals surface area contributed by atoms with Gasteiger partial charge in [-0.15, -0.1) is 0 Å². The van der Waals surface area contributed by atoms with E-state index in [0.29, 0.717) is 6.42 Å². The van der Waals surface area contributed by atoms with Crippen LogP contribution < -0.4 is 5.32 Å². The summed E-state index contributed by atoms with van der Waals surface area (Å²) in [5.41, 5.74) is 6.77. The van der Waals surface area contributed by atoms with Crippen molar-refractivity contribution in [3.05, 3.63) is 78.4 Å². The van der Waals surface area contributed by atoms with E-state index in [1.165, 1.54) is 0 Å². The Kier molecular flexibility index (Phi) is 3.56. The first kappa shape index (κ1) is 17.0. The number of ketones is 1. The lowest BCUT2D eigenvalue weighted by molar-refractivity contribution is 0.0994. The van der Waals surface area contributed by atoms with Gasteiger partial charge in [0, 0.05) is 59.8 Å². The predicted octanol–water partition coefficient (Wildman–Crippen LogP) is 4.76. The van der Waals surface area contributed by atoms with Crippen LogP contribution >= 0.6 is 0 Å². The Balaban J connectivity index is 1.54. The number of anilines is 2. The van der Waals surface area contributed by atoms with Gasteiger partial charge >= 0.3 is 0 Å². The first-order valence-corrected chi connectivity index (χ1v) is 9.99. The number of hydrogen-bond donors (Lipinski definition) is 1. The minimum Gasteiger partial charge on any atom is -0.350 e. The molecule has 6 nitrogen and oxygen atoms in total. The number of nitrogens with one attached hydrogen (secondary N) is 1. The zero-order chi connectivity index (χ0) is 20.2. The average molecular weight is 393 g/mol. The number of nitrogens with zero attached hydrogens (tertiary/aromatic N) is 4. The number of aryl methyl sites for hydroxylation is 2. The fourth-order valence-corrected chi connectivity index (χ4v) is 4.41. The van der Waals surface area contributed by atoms with Crippen molar-refractivity contribution in [2.45, 2.75) is 12.8 Å². The van der Waals surface area contributed by atoms with Crippen molar-refractivity contribution in [3.8, 4) is 11.3 Å². The summed E-state index contributed by atoms with van der Waals surface area (Å²) >= 11 is 0.